The molecule has 144 valence electrons. The third-order valence-corrected chi connectivity index (χ3v) is 4.54. The minimum absolute atomic E-state index is 0. The van der Waals surface area contributed by atoms with Crippen LogP contribution in [0.5, 0.6) is 0 Å². The molecule has 1 atom stereocenters. The van der Waals surface area contributed by atoms with E-state index >= 15 is 0 Å². The monoisotopic (exact) mass is 370 g/mol. The molecule has 1 saturated heterocycles. The molecule has 27 heavy (non-hydrogen) atoms. The normalized spacial score (nSPS) is 19.4. The maximum Gasteiger partial charge on any atom is 1.00 e. The number of carboxylic acid groups (broad SMARTS) is 1. The Morgan fingerprint density at radius 3 is 2.52 bits per heavy atom. The molecule has 1 aromatic rings. The summed E-state index contributed by atoms with van der Waals surface area (Å²) < 4.78 is 5.55. The molecule has 1 unspecified atom stereocenters. The molecule has 0 radical (unpaired) electrons. The standard InChI is InChI=1S/C18H26N4O4.Li.H/c1-18(2,3)26-17(25)22(13-4-5-13)11-12-6-7-21(10-12)15-9-19-14(8-20-15)16(23)24;;/h8-9,12-13H,4-7,10-11H2,1-3H3,(H,23,24);;/q;+1;-1. The number of carboxylic acids is 1. The summed E-state index contributed by atoms with van der Waals surface area (Å²) >= 11 is 0. The molecule has 0 bridgehead atoms. The summed E-state index contributed by atoms with van der Waals surface area (Å²) in [6.07, 6.45) is 5.58. The van der Waals surface area contributed by atoms with E-state index in [0.29, 0.717) is 24.3 Å². The molecule has 1 aliphatic heterocycles. The van der Waals surface area contributed by atoms with Crippen LogP contribution in [0.4, 0.5) is 10.6 Å². The number of carbonyl (C=O) groups is 2. The predicted octanol–water partition coefficient (Wildman–Crippen LogP) is -0.483. The van der Waals surface area contributed by atoms with E-state index in [9.17, 15) is 9.59 Å². The third kappa shape index (κ3) is 5.85. The number of nitrogens with zero attached hydrogens (tertiary/aromatic N) is 4. The zero-order valence-corrected chi connectivity index (χ0v) is 16.5. The van der Waals surface area contributed by atoms with Crippen LogP contribution in [-0.2, 0) is 4.74 Å². The largest absolute Gasteiger partial charge is 1.00 e. The van der Waals surface area contributed by atoms with E-state index in [2.05, 4.69) is 14.9 Å². The van der Waals surface area contributed by atoms with Crippen molar-refractivity contribution < 1.29 is 39.7 Å². The van der Waals surface area contributed by atoms with Gasteiger partial charge in [-0.05, 0) is 46.0 Å². The molecular weight excluding hydrogens is 343 g/mol. The SMILES string of the molecule is CC(C)(C)OC(=O)N(CC1CCN(c2cnc(C(=O)O)cn2)C1)C1CC1.[H-].[Li+]. The quantitative estimate of drug-likeness (QED) is 0.699. The van der Waals surface area contributed by atoms with Gasteiger partial charge >= 0.3 is 30.9 Å². The van der Waals surface area contributed by atoms with Gasteiger partial charge in [-0.1, -0.05) is 0 Å². The van der Waals surface area contributed by atoms with Crippen molar-refractivity contribution in [3.05, 3.63) is 18.1 Å². The Balaban J connectivity index is 0.00000196. The molecule has 3 rings (SSSR count). The van der Waals surface area contributed by atoms with Crippen LogP contribution >= 0.6 is 0 Å². The number of rotatable bonds is 5. The van der Waals surface area contributed by atoms with E-state index in [1.165, 1.54) is 12.4 Å². The van der Waals surface area contributed by atoms with Crippen molar-refractivity contribution in [2.24, 2.45) is 5.92 Å². The summed E-state index contributed by atoms with van der Waals surface area (Å²) in [5.41, 5.74) is -0.553. The fourth-order valence-electron chi connectivity index (χ4n) is 3.14. The van der Waals surface area contributed by atoms with E-state index in [1.54, 1.807) is 0 Å². The van der Waals surface area contributed by atoms with Crippen LogP contribution in [0.1, 0.15) is 51.9 Å². The summed E-state index contributed by atoms with van der Waals surface area (Å²) in [4.78, 5) is 35.5. The smallest absolute Gasteiger partial charge is 1.00 e. The van der Waals surface area contributed by atoms with E-state index in [-0.39, 0.29) is 32.1 Å². The molecule has 1 amide bonds. The first-order valence-electron chi connectivity index (χ1n) is 9.03. The van der Waals surface area contributed by atoms with Gasteiger partial charge in [0.15, 0.2) is 5.69 Å². The summed E-state index contributed by atoms with van der Waals surface area (Å²) in [5, 5.41) is 8.91. The Bertz CT molecular complexity index is 679. The number of anilines is 1. The maximum atomic E-state index is 12.5. The van der Waals surface area contributed by atoms with Crippen molar-refractivity contribution >= 4 is 17.9 Å². The topological polar surface area (TPSA) is 95.9 Å². The molecule has 2 heterocycles. The Labute approximate surface area is 173 Å². The number of amides is 1. The molecule has 2 aliphatic rings. The van der Waals surface area contributed by atoms with Gasteiger partial charge in [0.1, 0.15) is 11.4 Å². The Morgan fingerprint density at radius 1 is 1.30 bits per heavy atom. The van der Waals surface area contributed by atoms with Gasteiger partial charge in [-0.25, -0.2) is 19.6 Å². The van der Waals surface area contributed by atoms with Gasteiger partial charge in [-0.3, -0.25) is 0 Å². The number of aromatic carboxylic acids is 1. The average Bonchev–Trinajstić information content (AvgIpc) is 3.29. The summed E-state index contributed by atoms with van der Waals surface area (Å²) in [6, 6.07) is 0.300. The van der Waals surface area contributed by atoms with Crippen molar-refractivity contribution in [1.29, 1.82) is 0 Å². The van der Waals surface area contributed by atoms with Crippen LogP contribution in [0.3, 0.4) is 0 Å². The van der Waals surface area contributed by atoms with Crippen molar-refractivity contribution in [2.75, 3.05) is 24.5 Å². The predicted molar refractivity (Wildman–Crippen MR) is 96.4 cm³/mol. The first kappa shape index (κ1) is 21.5. The average molecular weight is 370 g/mol. The molecule has 1 saturated carbocycles. The minimum Gasteiger partial charge on any atom is -1.00 e. The Hall–Kier alpha value is -1.78. The molecule has 9 heteroatoms. The van der Waals surface area contributed by atoms with E-state index in [4.69, 9.17) is 9.84 Å². The summed E-state index contributed by atoms with van der Waals surface area (Å²) in [5.74, 6) is -0.0717. The molecule has 1 N–H and O–H groups in total. The van der Waals surface area contributed by atoms with Crippen LogP contribution in [0.2, 0.25) is 0 Å². The molecule has 1 aliphatic carbocycles. The van der Waals surface area contributed by atoms with Crippen molar-refractivity contribution in [2.45, 2.75) is 51.7 Å². The van der Waals surface area contributed by atoms with Crippen LogP contribution in [0.25, 0.3) is 0 Å². The van der Waals surface area contributed by atoms with Gasteiger partial charge in [0.05, 0.1) is 12.4 Å². The first-order chi connectivity index (χ1) is 12.2. The van der Waals surface area contributed by atoms with E-state index < -0.39 is 11.6 Å². The zero-order chi connectivity index (χ0) is 18.9. The van der Waals surface area contributed by atoms with Gasteiger partial charge in [0.25, 0.3) is 0 Å². The number of hydrogen-bond acceptors (Lipinski definition) is 6. The van der Waals surface area contributed by atoms with Gasteiger partial charge in [0.2, 0.25) is 0 Å². The van der Waals surface area contributed by atoms with Crippen molar-refractivity contribution in [3.63, 3.8) is 0 Å². The van der Waals surface area contributed by atoms with Crippen molar-refractivity contribution in [3.8, 4) is 0 Å². The fraction of sp³-hybridized carbons (Fsp3) is 0.667. The van der Waals surface area contributed by atoms with E-state index in [0.717, 1.165) is 32.4 Å². The van der Waals surface area contributed by atoms with Gasteiger partial charge in [0, 0.05) is 25.7 Å². The minimum atomic E-state index is -1.08. The van der Waals surface area contributed by atoms with Crippen LogP contribution in [0, 0.1) is 5.92 Å². The maximum absolute atomic E-state index is 12.5. The second-order valence-electron chi connectivity index (χ2n) is 8.03. The Morgan fingerprint density at radius 2 is 2.00 bits per heavy atom. The third-order valence-electron chi connectivity index (χ3n) is 4.54. The van der Waals surface area contributed by atoms with Gasteiger partial charge in [-0.15, -0.1) is 0 Å². The second-order valence-corrected chi connectivity index (χ2v) is 8.03. The van der Waals surface area contributed by atoms with Gasteiger partial charge < -0.3 is 21.1 Å². The number of carbonyl (C=O) groups excluding carboxylic acids is 1. The zero-order valence-electron chi connectivity index (χ0n) is 17.5. The fourth-order valence-corrected chi connectivity index (χ4v) is 3.14. The molecule has 2 fully saturated rings. The summed E-state index contributed by atoms with van der Waals surface area (Å²) in [6.45, 7) is 7.91. The van der Waals surface area contributed by atoms with Gasteiger partial charge in [-0.2, -0.15) is 0 Å². The molecule has 1 aromatic heterocycles. The molecular formula is C18H27LiN4O4. The Kier molecular flexibility index (Phi) is 6.76. The van der Waals surface area contributed by atoms with Crippen LogP contribution in [0.15, 0.2) is 12.4 Å². The second kappa shape index (κ2) is 8.49. The molecule has 0 aromatic carbocycles. The number of aromatic nitrogens is 2. The first-order valence-corrected chi connectivity index (χ1v) is 9.03. The van der Waals surface area contributed by atoms with E-state index in [1.807, 2.05) is 25.7 Å². The van der Waals surface area contributed by atoms with Crippen LogP contribution in [-0.4, -0.2) is 63.3 Å². The summed E-state index contributed by atoms with van der Waals surface area (Å²) in [7, 11) is 0. The van der Waals surface area contributed by atoms with Crippen molar-refractivity contribution in [1.82, 2.24) is 14.9 Å². The molecule has 8 nitrogen and oxygen atoms in total. The number of ether oxygens (including phenoxy) is 1. The van der Waals surface area contributed by atoms with Crippen LogP contribution < -0.4 is 23.8 Å². The molecule has 0 spiro atoms. The number of hydrogen-bond donors (Lipinski definition) is 1.